The molecule has 23 heavy (non-hydrogen) atoms. The van der Waals surface area contributed by atoms with E-state index < -0.39 is 0 Å². The first-order valence-electron chi connectivity index (χ1n) is 8.03. The molecular weight excluding hydrogens is 297 g/mol. The highest BCUT2D eigenvalue weighted by molar-refractivity contribution is 5.80. The van der Waals surface area contributed by atoms with E-state index in [0.29, 0.717) is 26.1 Å². The van der Waals surface area contributed by atoms with E-state index in [-0.39, 0.29) is 23.5 Å². The van der Waals surface area contributed by atoms with Gasteiger partial charge in [0, 0.05) is 33.1 Å². The van der Waals surface area contributed by atoms with Gasteiger partial charge in [-0.15, -0.1) is 0 Å². The summed E-state index contributed by atoms with van der Waals surface area (Å²) in [6.45, 7) is 2.60. The zero-order valence-electron chi connectivity index (χ0n) is 13.5. The number of likely N-dealkylation sites (tertiary alicyclic amines) is 1. The molecule has 0 bridgehead atoms. The van der Waals surface area contributed by atoms with Crippen molar-refractivity contribution in [3.8, 4) is 0 Å². The molecular formula is C17H24FN3O2. The maximum Gasteiger partial charge on any atom is 0.224 e. The fourth-order valence-electron chi connectivity index (χ4n) is 2.88. The largest absolute Gasteiger partial charge is 0.359 e. The molecule has 0 aromatic heterocycles. The number of carbonyl (C=O) groups is 2. The van der Waals surface area contributed by atoms with E-state index in [9.17, 15) is 14.0 Å². The molecule has 1 saturated heterocycles. The van der Waals surface area contributed by atoms with Crippen LogP contribution >= 0.6 is 0 Å². The zero-order chi connectivity index (χ0) is 16.7. The average molecular weight is 321 g/mol. The summed E-state index contributed by atoms with van der Waals surface area (Å²) in [4.78, 5) is 25.5. The maximum atomic E-state index is 13.2. The fourth-order valence-corrected chi connectivity index (χ4v) is 2.88. The standard InChI is InChI=1S/C17H24FN3O2/c1-19-16(22)7-8-20-17(23)14-5-3-9-21(12-14)11-13-4-2-6-15(18)10-13/h2,4,6,10,14H,3,5,7-9,11-12H2,1H3,(H,19,22)(H,20,23)/t14-/m1/s1. The number of hydrogen-bond donors (Lipinski definition) is 2. The van der Waals surface area contributed by atoms with Crippen LogP contribution in [0.3, 0.4) is 0 Å². The summed E-state index contributed by atoms with van der Waals surface area (Å²) in [6, 6.07) is 6.57. The molecule has 0 spiro atoms. The average Bonchev–Trinajstić information content (AvgIpc) is 2.55. The second-order valence-electron chi connectivity index (χ2n) is 5.92. The number of piperidine rings is 1. The first-order valence-corrected chi connectivity index (χ1v) is 8.03. The Morgan fingerprint density at radius 1 is 1.39 bits per heavy atom. The lowest BCUT2D eigenvalue weighted by molar-refractivity contribution is -0.127. The Balaban J connectivity index is 1.80. The Bertz CT molecular complexity index is 550. The second-order valence-corrected chi connectivity index (χ2v) is 5.92. The lowest BCUT2D eigenvalue weighted by Gasteiger charge is -2.32. The van der Waals surface area contributed by atoms with E-state index in [1.165, 1.54) is 12.1 Å². The molecule has 2 N–H and O–H groups in total. The van der Waals surface area contributed by atoms with Crippen LogP contribution in [0.15, 0.2) is 24.3 Å². The normalized spacial score (nSPS) is 18.4. The number of rotatable bonds is 6. The Labute approximate surface area is 136 Å². The molecule has 126 valence electrons. The summed E-state index contributed by atoms with van der Waals surface area (Å²) < 4.78 is 13.2. The van der Waals surface area contributed by atoms with Crippen molar-refractivity contribution in [3.63, 3.8) is 0 Å². The highest BCUT2D eigenvalue weighted by Gasteiger charge is 2.25. The third kappa shape index (κ3) is 5.63. The smallest absolute Gasteiger partial charge is 0.224 e. The lowest BCUT2D eigenvalue weighted by atomic mass is 9.96. The van der Waals surface area contributed by atoms with Crippen molar-refractivity contribution in [3.05, 3.63) is 35.6 Å². The molecule has 0 aliphatic carbocycles. The predicted octanol–water partition coefficient (Wildman–Crippen LogP) is 1.29. The van der Waals surface area contributed by atoms with Gasteiger partial charge in [0.15, 0.2) is 0 Å². The molecule has 2 amide bonds. The van der Waals surface area contributed by atoms with Crippen molar-refractivity contribution < 1.29 is 14.0 Å². The zero-order valence-corrected chi connectivity index (χ0v) is 13.5. The van der Waals surface area contributed by atoms with Gasteiger partial charge < -0.3 is 10.6 Å². The third-order valence-electron chi connectivity index (χ3n) is 4.10. The van der Waals surface area contributed by atoms with Gasteiger partial charge in [0.25, 0.3) is 0 Å². The van der Waals surface area contributed by atoms with E-state index in [1.807, 2.05) is 6.07 Å². The summed E-state index contributed by atoms with van der Waals surface area (Å²) in [7, 11) is 1.58. The number of nitrogens with zero attached hydrogens (tertiary/aromatic N) is 1. The molecule has 1 aliphatic rings. The van der Waals surface area contributed by atoms with Crippen molar-refractivity contribution in [1.82, 2.24) is 15.5 Å². The second kappa shape index (κ2) is 8.62. The van der Waals surface area contributed by atoms with Crippen LogP contribution in [0.5, 0.6) is 0 Å². The van der Waals surface area contributed by atoms with Gasteiger partial charge in [0.1, 0.15) is 5.82 Å². The van der Waals surface area contributed by atoms with Gasteiger partial charge in [0.05, 0.1) is 5.92 Å². The van der Waals surface area contributed by atoms with E-state index in [1.54, 1.807) is 13.1 Å². The van der Waals surface area contributed by atoms with Crippen molar-refractivity contribution in [2.75, 3.05) is 26.7 Å². The molecule has 5 nitrogen and oxygen atoms in total. The van der Waals surface area contributed by atoms with Crippen LogP contribution in [-0.2, 0) is 16.1 Å². The number of halogens is 1. The third-order valence-corrected chi connectivity index (χ3v) is 4.10. The van der Waals surface area contributed by atoms with Gasteiger partial charge in [-0.2, -0.15) is 0 Å². The molecule has 0 saturated carbocycles. The van der Waals surface area contributed by atoms with E-state index in [4.69, 9.17) is 0 Å². The van der Waals surface area contributed by atoms with Gasteiger partial charge in [-0.3, -0.25) is 14.5 Å². The fraction of sp³-hybridized carbons (Fsp3) is 0.529. The summed E-state index contributed by atoms with van der Waals surface area (Å²) >= 11 is 0. The molecule has 1 atom stereocenters. The molecule has 2 rings (SSSR count). The van der Waals surface area contributed by atoms with Crippen molar-refractivity contribution >= 4 is 11.8 Å². The van der Waals surface area contributed by atoms with Crippen LogP contribution in [0.1, 0.15) is 24.8 Å². The van der Waals surface area contributed by atoms with Crippen molar-refractivity contribution in [2.45, 2.75) is 25.8 Å². The van der Waals surface area contributed by atoms with Crippen LogP contribution < -0.4 is 10.6 Å². The predicted molar refractivity (Wildman–Crippen MR) is 86.1 cm³/mol. The topological polar surface area (TPSA) is 61.4 Å². The number of nitrogens with one attached hydrogen (secondary N) is 2. The summed E-state index contributed by atoms with van der Waals surface area (Å²) in [5, 5.41) is 5.35. The molecule has 1 fully saturated rings. The molecule has 1 aromatic carbocycles. The monoisotopic (exact) mass is 321 g/mol. The molecule has 0 unspecified atom stereocenters. The quantitative estimate of drug-likeness (QED) is 0.830. The van der Waals surface area contributed by atoms with E-state index >= 15 is 0 Å². The highest BCUT2D eigenvalue weighted by atomic mass is 19.1. The van der Waals surface area contributed by atoms with Gasteiger partial charge >= 0.3 is 0 Å². The first-order chi connectivity index (χ1) is 11.1. The van der Waals surface area contributed by atoms with E-state index in [0.717, 1.165) is 24.9 Å². The number of amides is 2. The molecule has 1 heterocycles. The Morgan fingerprint density at radius 3 is 2.96 bits per heavy atom. The highest BCUT2D eigenvalue weighted by Crippen LogP contribution is 2.19. The maximum absolute atomic E-state index is 13.2. The van der Waals surface area contributed by atoms with Crippen LogP contribution in [0.2, 0.25) is 0 Å². The van der Waals surface area contributed by atoms with Gasteiger partial charge in [-0.1, -0.05) is 12.1 Å². The SMILES string of the molecule is CNC(=O)CCNC(=O)[C@@H]1CCCN(Cc2cccc(F)c2)C1. The number of hydrogen-bond acceptors (Lipinski definition) is 3. The minimum atomic E-state index is -0.233. The van der Waals surface area contributed by atoms with E-state index in [2.05, 4.69) is 15.5 Å². The van der Waals surface area contributed by atoms with Gasteiger partial charge in [-0.05, 0) is 37.1 Å². The van der Waals surface area contributed by atoms with Gasteiger partial charge in [-0.25, -0.2) is 4.39 Å². The van der Waals surface area contributed by atoms with Gasteiger partial charge in [0.2, 0.25) is 11.8 Å². The number of benzene rings is 1. The molecule has 1 aromatic rings. The first kappa shape index (κ1) is 17.4. The van der Waals surface area contributed by atoms with Crippen LogP contribution in [0.4, 0.5) is 4.39 Å². The van der Waals surface area contributed by atoms with Crippen LogP contribution in [0.25, 0.3) is 0 Å². The molecule has 0 radical (unpaired) electrons. The molecule has 1 aliphatic heterocycles. The molecule has 6 heteroatoms. The summed E-state index contributed by atoms with van der Waals surface area (Å²) in [5.74, 6) is -0.385. The minimum absolute atomic E-state index is 0.00200. The Hall–Kier alpha value is -1.95. The Morgan fingerprint density at radius 2 is 2.22 bits per heavy atom. The minimum Gasteiger partial charge on any atom is -0.359 e. The van der Waals surface area contributed by atoms with Crippen LogP contribution in [-0.4, -0.2) is 43.4 Å². The van der Waals surface area contributed by atoms with Crippen molar-refractivity contribution in [2.24, 2.45) is 5.92 Å². The number of carbonyl (C=O) groups excluding carboxylic acids is 2. The summed E-state index contributed by atoms with van der Waals surface area (Å²) in [5.41, 5.74) is 0.922. The Kier molecular flexibility index (Phi) is 6.52. The summed E-state index contributed by atoms with van der Waals surface area (Å²) in [6.07, 6.45) is 2.09. The van der Waals surface area contributed by atoms with Crippen LogP contribution in [0, 0.1) is 11.7 Å². The lowest BCUT2D eigenvalue weighted by Crippen LogP contribution is -2.43. The van der Waals surface area contributed by atoms with Crippen molar-refractivity contribution in [1.29, 1.82) is 0 Å².